The molecule has 0 aliphatic carbocycles. The molecule has 1 amide bonds. The predicted octanol–water partition coefficient (Wildman–Crippen LogP) is 2.79. The largest absolute Gasteiger partial charge is 0.493 e. The first kappa shape index (κ1) is 19.6. The van der Waals surface area contributed by atoms with Gasteiger partial charge >= 0.3 is 0 Å². The van der Waals surface area contributed by atoms with Gasteiger partial charge < -0.3 is 24.4 Å². The zero-order chi connectivity index (χ0) is 20.1. The second-order valence-corrected chi connectivity index (χ2v) is 7.56. The molecule has 1 atom stereocenters. The van der Waals surface area contributed by atoms with E-state index in [9.17, 15) is 4.79 Å². The second-order valence-electron chi connectivity index (χ2n) is 7.56. The average Bonchev–Trinajstić information content (AvgIpc) is 3.31. The highest BCUT2D eigenvalue weighted by Gasteiger charge is 2.22. The zero-order valence-electron chi connectivity index (χ0n) is 16.9. The lowest BCUT2D eigenvalue weighted by Gasteiger charge is -2.27. The van der Waals surface area contributed by atoms with Crippen molar-refractivity contribution in [1.82, 2.24) is 10.2 Å². The number of ether oxygens (including phenoxy) is 3. The molecule has 29 heavy (non-hydrogen) atoms. The minimum absolute atomic E-state index is 0.0717. The number of hydrogen-bond donors (Lipinski definition) is 1. The molecule has 1 unspecified atom stereocenters. The maximum absolute atomic E-state index is 12.1. The van der Waals surface area contributed by atoms with E-state index in [1.165, 1.54) is 11.1 Å². The van der Waals surface area contributed by atoms with Crippen molar-refractivity contribution in [2.45, 2.75) is 31.8 Å². The van der Waals surface area contributed by atoms with Gasteiger partial charge in [-0.3, -0.25) is 4.79 Å². The molecule has 4 rings (SSSR count). The normalized spacial score (nSPS) is 18.1. The summed E-state index contributed by atoms with van der Waals surface area (Å²) in [5.41, 5.74) is 2.33. The van der Waals surface area contributed by atoms with Crippen LogP contribution in [0.3, 0.4) is 0 Å². The monoisotopic (exact) mass is 396 g/mol. The Kier molecular flexibility index (Phi) is 6.20. The summed E-state index contributed by atoms with van der Waals surface area (Å²) in [6.45, 7) is 3.19. The highest BCUT2D eigenvalue weighted by molar-refractivity contribution is 5.78. The third-order valence-electron chi connectivity index (χ3n) is 5.51. The van der Waals surface area contributed by atoms with Gasteiger partial charge in [0.2, 0.25) is 0 Å². The van der Waals surface area contributed by atoms with E-state index in [1.54, 1.807) is 7.11 Å². The number of fused-ring (bicyclic) bond motifs is 1. The smallest absolute Gasteiger partial charge is 0.260 e. The van der Waals surface area contributed by atoms with E-state index in [0.717, 1.165) is 56.1 Å². The number of hydrogen-bond acceptors (Lipinski definition) is 5. The first-order valence-electron chi connectivity index (χ1n) is 10.2. The third-order valence-corrected chi connectivity index (χ3v) is 5.51. The van der Waals surface area contributed by atoms with Gasteiger partial charge in [0.25, 0.3) is 5.91 Å². The van der Waals surface area contributed by atoms with E-state index in [2.05, 4.69) is 11.4 Å². The lowest BCUT2D eigenvalue weighted by Crippen LogP contribution is -2.38. The molecule has 2 heterocycles. The molecular formula is C23H28N2O4. The van der Waals surface area contributed by atoms with Crippen molar-refractivity contribution >= 4 is 5.91 Å². The number of carbonyl (C=O) groups is 1. The van der Waals surface area contributed by atoms with Crippen molar-refractivity contribution < 1.29 is 19.0 Å². The van der Waals surface area contributed by atoms with E-state index in [4.69, 9.17) is 14.2 Å². The van der Waals surface area contributed by atoms with Gasteiger partial charge in [0.1, 0.15) is 12.4 Å². The fraction of sp³-hybridized carbons (Fsp3) is 0.435. The van der Waals surface area contributed by atoms with Gasteiger partial charge in [-0.15, -0.1) is 0 Å². The number of carbonyl (C=O) groups excluding carboxylic acids is 1. The number of likely N-dealkylation sites (tertiary alicyclic amines) is 1. The van der Waals surface area contributed by atoms with Gasteiger partial charge in [0.15, 0.2) is 18.1 Å². The standard InChI is InChI=1S/C23H28N2O4/c1-27-21-6-4-5-18-13-19(15-29-23(18)21)24-14-17-7-9-20(10-8-17)28-16-22(26)25-11-2-3-12-25/h4-10,19,24H,2-3,11-16H2,1H3. The molecule has 6 nitrogen and oxygen atoms in total. The van der Waals surface area contributed by atoms with Gasteiger partial charge in [0, 0.05) is 25.7 Å². The lowest BCUT2D eigenvalue weighted by molar-refractivity contribution is -0.132. The highest BCUT2D eigenvalue weighted by Crippen LogP contribution is 2.34. The highest BCUT2D eigenvalue weighted by atomic mass is 16.5. The van der Waals surface area contributed by atoms with Crippen LogP contribution < -0.4 is 19.5 Å². The van der Waals surface area contributed by atoms with Gasteiger partial charge in [-0.05, 0) is 48.6 Å². The van der Waals surface area contributed by atoms with Crippen LogP contribution in [0, 0.1) is 0 Å². The summed E-state index contributed by atoms with van der Waals surface area (Å²) in [7, 11) is 1.67. The summed E-state index contributed by atoms with van der Waals surface area (Å²) in [4.78, 5) is 13.9. The predicted molar refractivity (Wildman–Crippen MR) is 111 cm³/mol. The van der Waals surface area contributed by atoms with Crippen LogP contribution in [0.15, 0.2) is 42.5 Å². The second kappa shape index (κ2) is 9.18. The Bertz CT molecular complexity index is 831. The summed E-state index contributed by atoms with van der Waals surface area (Å²) in [6.07, 6.45) is 3.10. The van der Waals surface area contributed by atoms with Crippen molar-refractivity contribution in [3.05, 3.63) is 53.6 Å². The quantitative estimate of drug-likeness (QED) is 0.780. The van der Waals surface area contributed by atoms with E-state index < -0.39 is 0 Å². The maximum atomic E-state index is 12.1. The van der Waals surface area contributed by atoms with Gasteiger partial charge in [-0.1, -0.05) is 24.3 Å². The Morgan fingerprint density at radius 3 is 2.72 bits per heavy atom. The third kappa shape index (κ3) is 4.82. The summed E-state index contributed by atoms with van der Waals surface area (Å²) in [5, 5.41) is 3.56. The molecule has 0 bridgehead atoms. The summed E-state index contributed by atoms with van der Waals surface area (Å²) in [6, 6.07) is 14.2. The van der Waals surface area contributed by atoms with Crippen molar-refractivity contribution in [2.75, 3.05) is 33.4 Å². The van der Waals surface area contributed by atoms with Gasteiger partial charge in [-0.25, -0.2) is 0 Å². The minimum Gasteiger partial charge on any atom is -0.493 e. The molecule has 2 aromatic rings. The van der Waals surface area contributed by atoms with Crippen molar-refractivity contribution in [3.63, 3.8) is 0 Å². The molecule has 0 spiro atoms. The van der Waals surface area contributed by atoms with Crippen molar-refractivity contribution in [2.24, 2.45) is 0 Å². The molecule has 1 saturated heterocycles. The van der Waals surface area contributed by atoms with Crippen LogP contribution >= 0.6 is 0 Å². The molecule has 2 aromatic carbocycles. The summed E-state index contributed by atoms with van der Waals surface area (Å²) in [5.74, 6) is 2.45. The number of amides is 1. The first-order chi connectivity index (χ1) is 14.2. The topological polar surface area (TPSA) is 60.0 Å². The fourth-order valence-electron chi connectivity index (χ4n) is 3.85. The number of rotatable bonds is 7. The average molecular weight is 396 g/mol. The van der Waals surface area contributed by atoms with Crippen molar-refractivity contribution in [3.8, 4) is 17.2 Å². The fourth-order valence-corrected chi connectivity index (χ4v) is 3.85. The molecule has 1 N–H and O–H groups in total. The van der Waals surface area contributed by atoms with Gasteiger partial charge in [-0.2, -0.15) is 0 Å². The maximum Gasteiger partial charge on any atom is 0.260 e. The Balaban J connectivity index is 1.24. The Morgan fingerprint density at radius 1 is 1.17 bits per heavy atom. The number of benzene rings is 2. The van der Waals surface area contributed by atoms with Crippen LogP contribution in [0.1, 0.15) is 24.0 Å². The number of nitrogens with zero attached hydrogens (tertiary/aromatic N) is 1. The summed E-state index contributed by atoms with van der Waals surface area (Å²) >= 11 is 0. The molecule has 154 valence electrons. The Morgan fingerprint density at radius 2 is 1.97 bits per heavy atom. The van der Waals surface area contributed by atoms with E-state index in [0.29, 0.717) is 6.61 Å². The van der Waals surface area contributed by atoms with Crippen LogP contribution in [0.5, 0.6) is 17.2 Å². The Labute approximate surface area is 171 Å². The van der Waals surface area contributed by atoms with E-state index in [-0.39, 0.29) is 18.6 Å². The van der Waals surface area contributed by atoms with Crippen LogP contribution in [0.4, 0.5) is 0 Å². The molecule has 2 aliphatic rings. The van der Waals surface area contributed by atoms with Gasteiger partial charge in [0.05, 0.1) is 7.11 Å². The molecule has 0 radical (unpaired) electrons. The molecule has 0 aromatic heterocycles. The Hall–Kier alpha value is -2.73. The SMILES string of the molecule is COc1cccc2c1OCC(NCc1ccc(OCC(=O)N3CCCC3)cc1)C2. The number of para-hydroxylation sites is 1. The number of methoxy groups -OCH3 is 1. The summed E-state index contributed by atoms with van der Waals surface area (Å²) < 4.78 is 16.9. The van der Waals surface area contributed by atoms with Crippen LogP contribution in [-0.2, 0) is 17.8 Å². The van der Waals surface area contributed by atoms with E-state index in [1.807, 2.05) is 41.3 Å². The minimum atomic E-state index is 0.0717. The first-order valence-corrected chi connectivity index (χ1v) is 10.2. The van der Waals surface area contributed by atoms with E-state index >= 15 is 0 Å². The molecule has 1 fully saturated rings. The van der Waals surface area contributed by atoms with Crippen molar-refractivity contribution in [1.29, 1.82) is 0 Å². The van der Waals surface area contributed by atoms with Crippen LogP contribution in [0.2, 0.25) is 0 Å². The zero-order valence-corrected chi connectivity index (χ0v) is 16.9. The van der Waals surface area contributed by atoms with Crippen LogP contribution in [0.25, 0.3) is 0 Å². The molecule has 2 aliphatic heterocycles. The molecule has 6 heteroatoms. The van der Waals surface area contributed by atoms with Crippen LogP contribution in [-0.4, -0.2) is 50.3 Å². The molecule has 0 saturated carbocycles. The lowest BCUT2D eigenvalue weighted by atomic mass is 10.0. The molecular weight excluding hydrogens is 368 g/mol. The number of nitrogens with one attached hydrogen (secondary N) is 1.